The van der Waals surface area contributed by atoms with E-state index in [-0.39, 0.29) is 11.9 Å². The summed E-state index contributed by atoms with van der Waals surface area (Å²) in [4.78, 5) is 18.3. The zero-order valence-electron chi connectivity index (χ0n) is 16.8. The summed E-state index contributed by atoms with van der Waals surface area (Å²) in [6.45, 7) is 5.48. The van der Waals surface area contributed by atoms with Crippen LogP contribution in [0.1, 0.15) is 25.6 Å². The van der Waals surface area contributed by atoms with Crippen LogP contribution in [0.4, 0.5) is 0 Å². The monoisotopic (exact) mass is 394 g/mol. The smallest absolute Gasteiger partial charge is 0.309 e. The number of likely N-dealkylation sites (tertiary alicyclic amines) is 1. The Hall–Kier alpha value is -2.86. The summed E-state index contributed by atoms with van der Waals surface area (Å²) in [7, 11) is 0. The lowest BCUT2D eigenvalue weighted by atomic mass is 9.97. The highest BCUT2D eigenvalue weighted by Crippen LogP contribution is 2.18. The lowest BCUT2D eigenvalue weighted by molar-refractivity contribution is -0.928. The predicted molar refractivity (Wildman–Crippen MR) is 111 cm³/mol. The number of esters is 1. The van der Waals surface area contributed by atoms with Crippen molar-refractivity contribution in [3.8, 4) is 5.75 Å². The van der Waals surface area contributed by atoms with E-state index in [4.69, 9.17) is 14.5 Å². The largest absolute Gasteiger partial charge is 0.486 e. The number of imidazole rings is 1. The second-order valence-electron chi connectivity index (χ2n) is 7.48. The number of hydrogen-bond acceptors (Lipinski definition) is 4. The fraction of sp³-hybridized carbons (Fsp3) is 0.391. The van der Waals surface area contributed by atoms with Gasteiger partial charge < -0.3 is 14.4 Å². The number of para-hydroxylation sites is 3. The number of nitrogens with one attached hydrogen (secondary N) is 1. The van der Waals surface area contributed by atoms with Crippen LogP contribution in [0.2, 0.25) is 0 Å². The van der Waals surface area contributed by atoms with Crippen molar-refractivity contribution in [1.29, 1.82) is 0 Å². The molecule has 0 atom stereocenters. The van der Waals surface area contributed by atoms with E-state index in [1.807, 2.05) is 55.5 Å². The van der Waals surface area contributed by atoms with Gasteiger partial charge in [0.1, 0.15) is 12.4 Å². The molecule has 6 nitrogen and oxygen atoms in total. The van der Waals surface area contributed by atoms with Crippen LogP contribution in [-0.4, -0.2) is 35.2 Å². The van der Waals surface area contributed by atoms with Gasteiger partial charge in [-0.3, -0.25) is 9.36 Å². The number of piperidine rings is 1. The first kappa shape index (κ1) is 19.5. The normalized spacial score (nSPS) is 19.2. The van der Waals surface area contributed by atoms with Gasteiger partial charge in [-0.1, -0.05) is 30.3 Å². The van der Waals surface area contributed by atoms with Gasteiger partial charge in [-0.2, -0.15) is 0 Å². The van der Waals surface area contributed by atoms with E-state index in [1.165, 1.54) is 4.90 Å². The molecule has 2 aromatic carbocycles. The molecule has 3 aromatic rings. The van der Waals surface area contributed by atoms with Crippen LogP contribution in [0.25, 0.3) is 11.0 Å². The van der Waals surface area contributed by atoms with Crippen molar-refractivity contribution >= 4 is 17.0 Å². The molecule has 0 spiro atoms. The summed E-state index contributed by atoms with van der Waals surface area (Å²) < 4.78 is 13.4. The van der Waals surface area contributed by atoms with E-state index in [9.17, 15) is 4.79 Å². The maximum Gasteiger partial charge on any atom is 0.309 e. The third-order valence-corrected chi connectivity index (χ3v) is 5.54. The van der Waals surface area contributed by atoms with Crippen molar-refractivity contribution in [1.82, 2.24) is 9.55 Å². The van der Waals surface area contributed by atoms with Crippen molar-refractivity contribution in [2.75, 3.05) is 19.7 Å². The number of ether oxygens (including phenoxy) is 2. The van der Waals surface area contributed by atoms with Crippen LogP contribution in [0.3, 0.4) is 0 Å². The average Bonchev–Trinajstić information content (AvgIpc) is 3.11. The fourth-order valence-electron chi connectivity index (χ4n) is 3.98. The molecule has 0 aliphatic carbocycles. The van der Waals surface area contributed by atoms with E-state index < -0.39 is 0 Å². The summed E-state index contributed by atoms with van der Waals surface area (Å²) in [5, 5.41) is 0. The van der Waals surface area contributed by atoms with Crippen molar-refractivity contribution in [2.45, 2.75) is 33.0 Å². The maximum absolute atomic E-state index is 12.0. The molecule has 1 N–H and O–H groups in total. The Balaban J connectivity index is 1.47. The average molecular weight is 394 g/mol. The van der Waals surface area contributed by atoms with Gasteiger partial charge in [0.25, 0.3) is 0 Å². The van der Waals surface area contributed by atoms with Crippen molar-refractivity contribution < 1.29 is 19.2 Å². The van der Waals surface area contributed by atoms with Crippen molar-refractivity contribution in [2.24, 2.45) is 5.92 Å². The van der Waals surface area contributed by atoms with E-state index in [0.29, 0.717) is 13.2 Å². The molecule has 0 saturated carbocycles. The molecule has 1 fully saturated rings. The quantitative estimate of drug-likeness (QED) is 0.626. The first-order chi connectivity index (χ1) is 14.2. The number of hydrogen-bond donors (Lipinski definition) is 1. The molecule has 0 bridgehead atoms. The minimum atomic E-state index is -0.0448. The standard InChI is InChI=1S/C23H27N3O3/c1-2-28-23(27)18-12-14-25(15-13-18)17-26-21-11-7-6-10-20(21)24-22(26)16-29-19-8-4-3-5-9-19/h3-11,18H,2,12-17H2,1H3/p+1. The number of fused-ring (bicyclic) bond motifs is 1. The van der Waals surface area contributed by atoms with Crippen LogP contribution in [0, 0.1) is 5.92 Å². The maximum atomic E-state index is 12.0. The van der Waals surface area contributed by atoms with Gasteiger partial charge in [-0.15, -0.1) is 0 Å². The molecule has 0 radical (unpaired) electrons. The first-order valence-corrected chi connectivity index (χ1v) is 10.4. The molecule has 1 aromatic heterocycles. The van der Waals surface area contributed by atoms with Crippen LogP contribution in [0.15, 0.2) is 54.6 Å². The van der Waals surface area contributed by atoms with E-state index >= 15 is 0 Å². The Labute approximate surface area is 171 Å². The first-order valence-electron chi connectivity index (χ1n) is 10.4. The van der Waals surface area contributed by atoms with Gasteiger partial charge in [0.2, 0.25) is 0 Å². The zero-order valence-corrected chi connectivity index (χ0v) is 16.8. The molecule has 152 valence electrons. The van der Waals surface area contributed by atoms with Gasteiger partial charge in [-0.05, 0) is 31.2 Å². The second-order valence-corrected chi connectivity index (χ2v) is 7.48. The zero-order chi connectivity index (χ0) is 20.1. The number of nitrogens with zero attached hydrogens (tertiary/aromatic N) is 2. The molecule has 2 heterocycles. The Kier molecular flexibility index (Phi) is 6.10. The Morgan fingerprint density at radius 1 is 1.10 bits per heavy atom. The Morgan fingerprint density at radius 2 is 1.83 bits per heavy atom. The van der Waals surface area contributed by atoms with Gasteiger partial charge in [-0.25, -0.2) is 4.98 Å². The molecule has 6 heteroatoms. The molecule has 0 amide bonds. The Bertz CT molecular complexity index is 946. The van der Waals surface area contributed by atoms with E-state index in [1.54, 1.807) is 0 Å². The lowest BCUT2D eigenvalue weighted by Crippen LogP contribution is -3.12. The second kappa shape index (κ2) is 9.09. The van der Waals surface area contributed by atoms with Crippen LogP contribution >= 0.6 is 0 Å². The van der Waals surface area contributed by atoms with Crippen LogP contribution < -0.4 is 9.64 Å². The summed E-state index contributed by atoms with van der Waals surface area (Å²) in [5.74, 6) is 1.76. The molecular weight excluding hydrogens is 366 g/mol. The lowest BCUT2D eigenvalue weighted by Gasteiger charge is -2.28. The number of aromatic nitrogens is 2. The van der Waals surface area contributed by atoms with E-state index in [2.05, 4.69) is 10.6 Å². The minimum absolute atomic E-state index is 0.0408. The fourth-order valence-corrected chi connectivity index (χ4v) is 3.98. The molecule has 4 rings (SSSR count). The number of carbonyl (C=O) groups is 1. The highest BCUT2D eigenvalue weighted by Gasteiger charge is 2.29. The van der Waals surface area contributed by atoms with Crippen LogP contribution in [0.5, 0.6) is 5.75 Å². The number of benzene rings is 2. The van der Waals surface area contributed by atoms with Gasteiger partial charge in [0, 0.05) is 12.8 Å². The van der Waals surface area contributed by atoms with Crippen LogP contribution in [-0.2, 0) is 22.8 Å². The summed E-state index contributed by atoms with van der Waals surface area (Å²) in [5.41, 5.74) is 2.11. The molecule has 1 aliphatic rings. The summed E-state index contributed by atoms with van der Waals surface area (Å²) in [6, 6.07) is 18.0. The molecule has 1 aliphatic heterocycles. The Morgan fingerprint density at radius 3 is 2.59 bits per heavy atom. The summed E-state index contributed by atoms with van der Waals surface area (Å²) >= 11 is 0. The minimum Gasteiger partial charge on any atom is -0.486 e. The predicted octanol–water partition coefficient (Wildman–Crippen LogP) is 2.43. The highest BCUT2D eigenvalue weighted by atomic mass is 16.5. The summed E-state index contributed by atoms with van der Waals surface area (Å²) in [6.07, 6.45) is 1.74. The number of rotatable bonds is 7. The molecular formula is C23H28N3O3+. The molecule has 1 saturated heterocycles. The molecule has 29 heavy (non-hydrogen) atoms. The molecule has 0 unspecified atom stereocenters. The van der Waals surface area contributed by atoms with Gasteiger partial charge >= 0.3 is 5.97 Å². The topological polar surface area (TPSA) is 57.8 Å². The van der Waals surface area contributed by atoms with E-state index in [0.717, 1.165) is 55.2 Å². The van der Waals surface area contributed by atoms with Crippen molar-refractivity contribution in [3.05, 3.63) is 60.4 Å². The number of quaternary nitrogens is 1. The SMILES string of the molecule is CCOC(=O)C1CC[NH+](Cn2c(COc3ccccc3)nc3ccccc32)CC1. The van der Waals surface area contributed by atoms with Crippen molar-refractivity contribution in [3.63, 3.8) is 0 Å². The van der Waals surface area contributed by atoms with Gasteiger partial charge in [0.05, 0.1) is 36.6 Å². The van der Waals surface area contributed by atoms with Gasteiger partial charge in [0.15, 0.2) is 12.5 Å². The highest BCUT2D eigenvalue weighted by molar-refractivity contribution is 5.75. The number of carbonyl (C=O) groups excluding carboxylic acids is 1. The third-order valence-electron chi connectivity index (χ3n) is 5.54. The third kappa shape index (κ3) is 4.59.